The van der Waals surface area contributed by atoms with Crippen molar-refractivity contribution in [2.75, 3.05) is 6.61 Å². The van der Waals surface area contributed by atoms with Crippen LogP contribution in [-0.2, 0) is 0 Å². The van der Waals surface area contributed by atoms with Gasteiger partial charge in [0.05, 0.1) is 24.1 Å². The lowest BCUT2D eigenvalue weighted by molar-refractivity contribution is 0.328. The van der Waals surface area contributed by atoms with Crippen molar-refractivity contribution in [3.8, 4) is 11.6 Å². The number of rotatable bonds is 3. The number of nitrogens with zero attached hydrogens (tertiary/aromatic N) is 3. The van der Waals surface area contributed by atoms with Gasteiger partial charge in [-0.2, -0.15) is 0 Å². The summed E-state index contributed by atoms with van der Waals surface area (Å²) >= 11 is 6.03. The molecule has 4 nitrogen and oxygen atoms in total. The lowest BCUT2D eigenvalue weighted by atomic mass is 10.2. The predicted octanol–water partition coefficient (Wildman–Crippen LogP) is 3.47. The lowest BCUT2D eigenvalue weighted by Crippen LogP contribution is -1.99. The number of halogens is 1. The lowest BCUT2D eigenvalue weighted by Gasteiger charge is -2.10. The van der Waals surface area contributed by atoms with E-state index in [0.717, 1.165) is 16.6 Å². The van der Waals surface area contributed by atoms with Crippen LogP contribution in [0, 0.1) is 0 Å². The number of imidazole rings is 1. The first-order chi connectivity index (χ1) is 9.28. The first kappa shape index (κ1) is 12.0. The van der Waals surface area contributed by atoms with Crippen LogP contribution in [0.5, 0.6) is 5.88 Å². The minimum Gasteiger partial charge on any atom is -0.478 e. The van der Waals surface area contributed by atoms with Crippen LogP contribution in [0.4, 0.5) is 0 Å². The SMILES string of the molecule is CCOc1cc(-n2ccnc2)c2ccc(Cl)cc2n1. The number of fused-ring (bicyclic) bond motifs is 1. The molecule has 19 heavy (non-hydrogen) atoms. The van der Waals surface area contributed by atoms with Crippen LogP contribution in [0.3, 0.4) is 0 Å². The molecule has 0 aliphatic rings. The summed E-state index contributed by atoms with van der Waals surface area (Å²) in [5.41, 5.74) is 1.78. The highest BCUT2D eigenvalue weighted by atomic mass is 35.5. The number of pyridine rings is 1. The fraction of sp³-hybridized carbons (Fsp3) is 0.143. The maximum absolute atomic E-state index is 6.03. The molecule has 2 heterocycles. The molecule has 3 rings (SSSR count). The predicted molar refractivity (Wildman–Crippen MR) is 75.0 cm³/mol. The largest absolute Gasteiger partial charge is 0.478 e. The fourth-order valence-electron chi connectivity index (χ4n) is 2.00. The summed E-state index contributed by atoms with van der Waals surface area (Å²) in [7, 11) is 0. The molecular formula is C14H12ClN3O. The second-order valence-electron chi connectivity index (χ2n) is 4.04. The number of hydrogen-bond acceptors (Lipinski definition) is 3. The number of aromatic nitrogens is 3. The first-order valence-corrected chi connectivity index (χ1v) is 6.37. The molecule has 5 heteroatoms. The van der Waals surface area contributed by atoms with Crippen molar-refractivity contribution in [1.82, 2.24) is 14.5 Å². The van der Waals surface area contributed by atoms with Gasteiger partial charge in [0.25, 0.3) is 0 Å². The van der Waals surface area contributed by atoms with Crippen LogP contribution < -0.4 is 4.74 Å². The summed E-state index contributed by atoms with van der Waals surface area (Å²) in [6, 6.07) is 7.54. The van der Waals surface area contributed by atoms with E-state index in [-0.39, 0.29) is 0 Å². The summed E-state index contributed by atoms with van der Waals surface area (Å²) in [6.45, 7) is 2.50. The summed E-state index contributed by atoms with van der Waals surface area (Å²) in [5, 5.41) is 1.66. The summed E-state index contributed by atoms with van der Waals surface area (Å²) in [4.78, 5) is 8.53. The van der Waals surface area contributed by atoms with Crippen LogP contribution in [0.2, 0.25) is 5.02 Å². The van der Waals surface area contributed by atoms with E-state index in [2.05, 4.69) is 9.97 Å². The third-order valence-corrected chi connectivity index (χ3v) is 3.04. The minimum atomic E-state index is 0.572. The topological polar surface area (TPSA) is 39.9 Å². The molecule has 3 aromatic rings. The van der Waals surface area contributed by atoms with E-state index in [1.54, 1.807) is 12.5 Å². The Balaban J connectivity index is 2.28. The van der Waals surface area contributed by atoms with Gasteiger partial charge in [0.2, 0.25) is 5.88 Å². The zero-order valence-electron chi connectivity index (χ0n) is 10.4. The first-order valence-electron chi connectivity index (χ1n) is 5.99. The normalized spacial score (nSPS) is 10.8. The number of hydrogen-bond donors (Lipinski definition) is 0. The van der Waals surface area contributed by atoms with Gasteiger partial charge >= 0.3 is 0 Å². The van der Waals surface area contributed by atoms with Crippen LogP contribution in [0.15, 0.2) is 43.0 Å². The van der Waals surface area contributed by atoms with Gasteiger partial charge in [0, 0.05) is 28.9 Å². The molecule has 0 atom stereocenters. The highest BCUT2D eigenvalue weighted by molar-refractivity contribution is 6.31. The summed E-state index contributed by atoms with van der Waals surface area (Å²) in [6.07, 6.45) is 5.38. The molecule has 2 aromatic heterocycles. The van der Waals surface area contributed by atoms with Crippen LogP contribution >= 0.6 is 11.6 Å². The van der Waals surface area contributed by atoms with E-state index >= 15 is 0 Å². The Morgan fingerprint density at radius 2 is 2.21 bits per heavy atom. The highest BCUT2D eigenvalue weighted by Gasteiger charge is 2.08. The molecule has 0 aliphatic carbocycles. The van der Waals surface area contributed by atoms with E-state index in [9.17, 15) is 0 Å². The van der Waals surface area contributed by atoms with Gasteiger partial charge in [-0.15, -0.1) is 0 Å². The van der Waals surface area contributed by atoms with Gasteiger partial charge in [-0.25, -0.2) is 9.97 Å². The molecule has 0 saturated heterocycles. The van der Waals surface area contributed by atoms with E-state index < -0.39 is 0 Å². The quantitative estimate of drug-likeness (QED) is 0.733. The average Bonchev–Trinajstić information content (AvgIpc) is 2.91. The molecule has 0 saturated carbocycles. The van der Waals surface area contributed by atoms with Crippen LogP contribution in [-0.4, -0.2) is 21.1 Å². The second-order valence-corrected chi connectivity index (χ2v) is 4.48. The van der Waals surface area contributed by atoms with E-state index in [0.29, 0.717) is 17.5 Å². The molecule has 96 valence electrons. The fourth-order valence-corrected chi connectivity index (χ4v) is 2.16. The molecule has 0 amide bonds. The third-order valence-electron chi connectivity index (χ3n) is 2.80. The number of ether oxygens (including phenoxy) is 1. The van der Waals surface area contributed by atoms with Gasteiger partial charge in [0.15, 0.2) is 0 Å². The molecule has 0 aliphatic heterocycles. The summed E-state index contributed by atoms with van der Waals surface area (Å²) < 4.78 is 7.44. The van der Waals surface area contributed by atoms with E-state index in [4.69, 9.17) is 16.3 Å². The van der Waals surface area contributed by atoms with Gasteiger partial charge in [-0.1, -0.05) is 11.6 Å². The average molecular weight is 274 g/mol. The zero-order valence-corrected chi connectivity index (χ0v) is 11.1. The van der Waals surface area contributed by atoms with Crippen molar-refractivity contribution in [1.29, 1.82) is 0 Å². The van der Waals surface area contributed by atoms with Crippen molar-refractivity contribution in [2.24, 2.45) is 0 Å². The molecule has 1 aromatic carbocycles. The molecule has 0 N–H and O–H groups in total. The second kappa shape index (κ2) is 4.90. The maximum atomic E-state index is 6.03. The molecule has 0 bridgehead atoms. The van der Waals surface area contributed by atoms with Crippen LogP contribution in [0.1, 0.15) is 6.92 Å². The van der Waals surface area contributed by atoms with Gasteiger partial charge in [0.1, 0.15) is 0 Å². The Bertz CT molecular complexity index is 710. The van der Waals surface area contributed by atoms with E-state index in [1.165, 1.54) is 0 Å². The molecular weight excluding hydrogens is 262 g/mol. The number of benzene rings is 1. The van der Waals surface area contributed by atoms with Gasteiger partial charge in [-0.05, 0) is 25.1 Å². The Morgan fingerprint density at radius 1 is 1.32 bits per heavy atom. The Labute approximate surface area is 115 Å². The Kier molecular flexibility index (Phi) is 3.09. The minimum absolute atomic E-state index is 0.572. The third kappa shape index (κ3) is 2.27. The van der Waals surface area contributed by atoms with E-state index in [1.807, 2.05) is 42.0 Å². The van der Waals surface area contributed by atoms with Crippen molar-refractivity contribution >= 4 is 22.5 Å². The molecule has 0 radical (unpaired) electrons. The van der Waals surface area contributed by atoms with Crippen molar-refractivity contribution < 1.29 is 4.74 Å². The Morgan fingerprint density at radius 3 is 2.95 bits per heavy atom. The van der Waals surface area contributed by atoms with Gasteiger partial charge < -0.3 is 9.30 Å². The smallest absolute Gasteiger partial charge is 0.215 e. The van der Waals surface area contributed by atoms with Crippen molar-refractivity contribution in [2.45, 2.75) is 6.92 Å². The van der Waals surface area contributed by atoms with Crippen molar-refractivity contribution in [3.05, 3.63) is 48.0 Å². The summed E-state index contributed by atoms with van der Waals surface area (Å²) in [5.74, 6) is 0.584. The molecule has 0 spiro atoms. The molecule has 0 fully saturated rings. The monoisotopic (exact) mass is 273 g/mol. The van der Waals surface area contributed by atoms with Crippen LogP contribution in [0.25, 0.3) is 16.6 Å². The standard InChI is InChI=1S/C14H12ClN3O/c1-2-19-14-8-13(18-6-5-16-9-18)11-4-3-10(15)7-12(11)17-14/h3-9H,2H2,1H3. The van der Waals surface area contributed by atoms with Gasteiger partial charge in [-0.3, -0.25) is 0 Å². The maximum Gasteiger partial charge on any atom is 0.215 e. The molecule has 0 unspecified atom stereocenters. The highest BCUT2D eigenvalue weighted by Crippen LogP contribution is 2.27. The Hall–Kier alpha value is -2.07. The zero-order chi connectivity index (χ0) is 13.2. The van der Waals surface area contributed by atoms with Crippen molar-refractivity contribution in [3.63, 3.8) is 0 Å².